The number of carbonyl (C=O) groups is 2. The van der Waals surface area contributed by atoms with E-state index in [9.17, 15) is 14.7 Å². The molecule has 0 aliphatic carbocycles. The molecule has 0 aliphatic heterocycles. The molecule has 0 saturated carbocycles. The lowest BCUT2D eigenvalue weighted by Gasteiger charge is -2.15. The van der Waals surface area contributed by atoms with E-state index < -0.39 is 11.4 Å². The van der Waals surface area contributed by atoms with Gasteiger partial charge in [-0.3, -0.25) is 9.59 Å². The number of aliphatic carboxylic acids is 1. The number of nitrogens with one attached hydrogen (secondary N) is 1. The van der Waals surface area contributed by atoms with Crippen molar-refractivity contribution in [2.24, 2.45) is 5.41 Å². The van der Waals surface area contributed by atoms with Gasteiger partial charge in [-0.05, 0) is 18.2 Å². The first-order valence-corrected chi connectivity index (χ1v) is 8.72. The van der Waals surface area contributed by atoms with Gasteiger partial charge in [-0.1, -0.05) is 20.8 Å². The molecule has 8 heteroatoms. The third kappa shape index (κ3) is 4.51. The molecule has 26 heavy (non-hydrogen) atoms. The molecule has 0 spiro atoms. The van der Waals surface area contributed by atoms with E-state index in [1.807, 2.05) is 0 Å². The number of hydrogen-bond donors (Lipinski definition) is 2. The third-order valence-corrected chi connectivity index (χ3v) is 4.54. The van der Waals surface area contributed by atoms with Crippen molar-refractivity contribution in [2.75, 3.05) is 19.5 Å². The third-order valence-electron chi connectivity index (χ3n) is 3.57. The van der Waals surface area contributed by atoms with Crippen LogP contribution < -0.4 is 14.8 Å². The molecule has 0 bridgehead atoms. The summed E-state index contributed by atoms with van der Waals surface area (Å²) in [5.74, 6) is -0.0804. The first kappa shape index (κ1) is 19.7. The normalized spacial score (nSPS) is 11.1. The predicted octanol–water partition coefficient (Wildman–Crippen LogP) is 3.44. The van der Waals surface area contributed by atoms with Crippen molar-refractivity contribution in [3.63, 3.8) is 0 Å². The molecule has 0 saturated heterocycles. The van der Waals surface area contributed by atoms with E-state index in [2.05, 4.69) is 10.3 Å². The Hall–Kier alpha value is -2.61. The zero-order valence-electron chi connectivity index (χ0n) is 15.4. The Labute approximate surface area is 156 Å². The maximum Gasteiger partial charge on any atom is 0.308 e. The summed E-state index contributed by atoms with van der Waals surface area (Å²) >= 11 is 1.15. The van der Waals surface area contributed by atoms with Crippen molar-refractivity contribution in [3.8, 4) is 22.8 Å². The van der Waals surface area contributed by atoms with Gasteiger partial charge in [0.1, 0.15) is 0 Å². The molecule has 7 nitrogen and oxygen atoms in total. The standard InChI is InChI=1S/C18H22N2O5S/c1-18(2,3)16(23)20-17-19-15(13(26-17)9-14(21)22)10-6-7-11(24-4)12(8-10)25-5/h6-8H,9H2,1-5H3,(H,21,22)(H,19,20,23). The highest BCUT2D eigenvalue weighted by molar-refractivity contribution is 7.16. The molecule has 1 aromatic carbocycles. The summed E-state index contributed by atoms with van der Waals surface area (Å²) in [6, 6.07) is 5.23. The molecule has 0 radical (unpaired) electrons. The minimum absolute atomic E-state index is 0.188. The maximum absolute atomic E-state index is 12.2. The zero-order valence-corrected chi connectivity index (χ0v) is 16.2. The summed E-state index contributed by atoms with van der Waals surface area (Å²) in [5.41, 5.74) is 0.608. The number of aromatic nitrogens is 1. The Bertz CT molecular complexity index is 823. The van der Waals surface area contributed by atoms with E-state index in [0.29, 0.717) is 32.8 Å². The van der Waals surface area contributed by atoms with Gasteiger partial charge in [0, 0.05) is 15.9 Å². The number of carbonyl (C=O) groups excluding carboxylic acids is 1. The predicted molar refractivity (Wildman–Crippen MR) is 100 cm³/mol. The largest absolute Gasteiger partial charge is 0.493 e. The second-order valence-electron chi connectivity index (χ2n) is 6.64. The lowest BCUT2D eigenvalue weighted by atomic mass is 9.96. The number of thiazole rings is 1. The number of carboxylic acid groups (broad SMARTS) is 1. The van der Waals surface area contributed by atoms with E-state index in [4.69, 9.17) is 9.47 Å². The van der Waals surface area contributed by atoms with Crippen LogP contribution in [0.15, 0.2) is 18.2 Å². The number of amides is 1. The van der Waals surface area contributed by atoms with Gasteiger partial charge in [-0.15, -0.1) is 11.3 Å². The Balaban J connectivity index is 2.46. The molecule has 2 rings (SSSR count). The number of rotatable bonds is 6. The van der Waals surface area contributed by atoms with E-state index in [1.54, 1.807) is 39.0 Å². The van der Waals surface area contributed by atoms with Crippen LogP contribution in [0.4, 0.5) is 5.13 Å². The van der Waals surface area contributed by atoms with Crippen molar-refractivity contribution in [1.82, 2.24) is 4.98 Å². The summed E-state index contributed by atoms with van der Waals surface area (Å²) in [7, 11) is 3.06. The summed E-state index contributed by atoms with van der Waals surface area (Å²) in [5, 5.41) is 12.3. The number of nitrogens with zero attached hydrogens (tertiary/aromatic N) is 1. The van der Waals surface area contributed by atoms with Crippen molar-refractivity contribution in [3.05, 3.63) is 23.1 Å². The van der Waals surface area contributed by atoms with Crippen molar-refractivity contribution >= 4 is 28.3 Å². The van der Waals surface area contributed by atoms with Gasteiger partial charge in [0.15, 0.2) is 16.6 Å². The highest BCUT2D eigenvalue weighted by Crippen LogP contribution is 2.37. The Morgan fingerprint density at radius 1 is 1.19 bits per heavy atom. The highest BCUT2D eigenvalue weighted by Gasteiger charge is 2.24. The number of anilines is 1. The van der Waals surface area contributed by atoms with Gasteiger partial charge in [-0.25, -0.2) is 4.98 Å². The van der Waals surface area contributed by atoms with E-state index in [-0.39, 0.29) is 12.3 Å². The van der Waals surface area contributed by atoms with Crippen LogP contribution in [0.3, 0.4) is 0 Å². The molecule has 0 unspecified atom stereocenters. The molecule has 1 aromatic heterocycles. The van der Waals surface area contributed by atoms with Crippen LogP contribution in [-0.2, 0) is 16.0 Å². The molecule has 1 amide bonds. The number of hydrogen-bond acceptors (Lipinski definition) is 6. The van der Waals surface area contributed by atoms with E-state index in [1.165, 1.54) is 14.2 Å². The summed E-state index contributed by atoms with van der Waals surface area (Å²) in [6.45, 7) is 5.38. The van der Waals surface area contributed by atoms with Crippen LogP contribution in [0.5, 0.6) is 11.5 Å². The number of carboxylic acids is 1. The second kappa shape index (κ2) is 7.74. The van der Waals surface area contributed by atoms with E-state index >= 15 is 0 Å². The molecule has 0 aliphatic rings. The smallest absolute Gasteiger partial charge is 0.308 e. The molecular formula is C18H22N2O5S. The monoisotopic (exact) mass is 378 g/mol. The molecule has 0 atom stereocenters. The maximum atomic E-state index is 12.2. The van der Waals surface area contributed by atoms with Crippen molar-refractivity contribution in [1.29, 1.82) is 0 Å². The molecule has 0 fully saturated rings. The van der Waals surface area contributed by atoms with Gasteiger partial charge in [-0.2, -0.15) is 0 Å². The summed E-state index contributed by atoms with van der Waals surface area (Å²) in [6.07, 6.45) is -0.188. The minimum Gasteiger partial charge on any atom is -0.493 e. The highest BCUT2D eigenvalue weighted by atomic mass is 32.1. The lowest BCUT2D eigenvalue weighted by Crippen LogP contribution is -2.27. The zero-order chi connectivity index (χ0) is 19.5. The van der Waals surface area contributed by atoms with Crippen LogP contribution in [0, 0.1) is 5.41 Å². The number of benzene rings is 1. The average Bonchev–Trinajstić information content (AvgIpc) is 2.94. The van der Waals surface area contributed by atoms with Gasteiger partial charge in [0.05, 0.1) is 26.3 Å². The fourth-order valence-corrected chi connectivity index (χ4v) is 3.13. The van der Waals surface area contributed by atoms with Gasteiger partial charge >= 0.3 is 5.97 Å². The summed E-state index contributed by atoms with van der Waals surface area (Å²) < 4.78 is 10.5. The van der Waals surface area contributed by atoms with Gasteiger partial charge in [0.2, 0.25) is 5.91 Å². The van der Waals surface area contributed by atoms with Crippen LogP contribution >= 0.6 is 11.3 Å². The van der Waals surface area contributed by atoms with Crippen LogP contribution in [0.25, 0.3) is 11.3 Å². The van der Waals surface area contributed by atoms with Gasteiger partial charge < -0.3 is 19.9 Å². The first-order valence-electron chi connectivity index (χ1n) is 7.91. The molecule has 140 valence electrons. The molecule has 1 heterocycles. The second-order valence-corrected chi connectivity index (χ2v) is 7.72. The first-order chi connectivity index (χ1) is 12.2. The lowest BCUT2D eigenvalue weighted by molar-refractivity contribution is -0.136. The molecule has 2 aromatic rings. The Morgan fingerprint density at radius 2 is 1.85 bits per heavy atom. The average molecular weight is 378 g/mol. The Kier molecular flexibility index (Phi) is 5.86. The van der Waals surface area contributed by atoms with Crippen LogP contribution in [-0.4, -0.2) is 36.2 Å². The minimum atomic E-state index is -0.968. The van der Waals surface area contributed by atoms with Crippen molar-refractivity contribution in [2.45, 2.75) is 27.2 Å². The van der Waals surface area contributed by atoms with Crippen LogP contribution in [0.2, 0.25) is 0 Å². The number of methoxy groups -OCH3 is 2. The molecule has 2 N–H and O–H groups in total. The molecular weight excluding hydrogens is 356 g/mol. The van der Waals surface area contributed by atoms with E-state index in [0.717, 1.165) is 11.3 Å². The fraction of sp³-hybridized carbons (Fsp3) is 0.389. The van der Waals surface area contributed by atoms with Crippen molar-refractivity contribution < 1.29 is 24.2 Å². The quantitative estimate of drug-likeness (QED) is 0.799. The topological polar surface area (TPSA) is 97.8 Å². The fourth-order valence-electron chi connectivity index (χ4n) is 2.16. The van der Waals surface area contributed by atoms with Crippen LogP contribution in [0.1, 0.15) is 25.6 Å². The van der Waals surface area contributed by atoms with Gasteiger partial charge in [0.25, 0.3) is 0 Å². The SMILES string of the molecule is COc1ccc(-c2nc(NC(=O)C(C)(C)C)sc2CC(=O)O)cc1OC. The number of ether oxygens (including phenoxy) is 2. The Morgan fingerprint density at radius 3 is 2.38 bits per heavy atom. The summed E-state index contributed by atoms with van der Waals surface area (Å²) in [4.78, 5) is 28.4.